The van der Waals surface area contributed by atoms with Crippen molar-refractivity contribution in [3.05, 3.63) is 18.2 Å². The van der Waals surface area contributed by atoms with Crippen molar-refractivity contribution in [2.24, 2.45) is 11.7 Å². The van der Waals surface area contributed by atoms with Crippen molar-refractivity contribution in [1.82, 2.24) is 14.9 Å². The van der Waals surface area contributed by atoms with Crippen molar-refractivity contribution in [3.8, 4) is 0 Å². The maximum Gasteiger partial charge on any atom is 0.237 e. The van der Waals surface area contributed by atoms with E-state index in [4.69, 9.17) is 5.73 Å². The molecule has 0 saturated heterocycles. The molecule has 1 aromatic rings. The zero-order valence-electron chi connectivity index (χ0n) is 11.6. The number of nitrogens with two attached hydrogens (primary N) is 1. The number of halogens is 2. The van der Waals surface area contributed by atoms with Crippen molar-refractivity contribution >= 4 is 30.7 Å². The van der Waals surface area contributed by atoms with E-state index in [1.54, 1.807) is 6.20 Å². The van der Waals surface area contributed by atoms with Gasteiger partial charge < -0.3 is 15.6 Å². The topological polar surface area (TPSA) is 72.9 Å². The third-order valence-electron chi connectivity index (χ3n) is 2.56. The molecule has 1 aromatic heterocycles. The van der Waals surface area contributed by atoms with Gasteiger partial charge in [0.15, 0.2) is 0 Å². The number of amides is 1. The van der Waals surface area contributed by atoms with Crippen LogP contribution in [-0.2, 0) is 17.9 Å². The fourth-order valence-electron chi connectivity index (χ4n) is 1.55. The summed E-state index contributed by atoms with van der Waals surface area (Å²) in [5.74, 6) is 1.30. The van der Waals surface area contributed by atoms with Gasteiger partial charge in [-0.2, -0.15) is 0 Å². The van der Waals surface area contributed by atoms with Crippen LogP contribution in [0.3, 0.4) is 0 Å². The Hall–Kier alpha value is -0.780. The average Bonchev–Trinajstić information content (AvgIpc) is 2.71. The predicted molar refractivity (Wildman–Crippen MR) is 81.7 cm³/mol. The number of carbonyl (C=O) groups is 1. The summed E-state index contributed by atoms with van der Waals surface area (Å²) >= 11 is 0. The molecule has 0 aliphatic carbocycles. The molecule has 0 aliphatic rings. The molecule has 0 radical (unpaired) electrons. The molecule has 1 rings (SSSR count). The molecule has 0 fully saturated rings. The molecule has 0 saturated carbocycles. The van der Waals surface area contributed by atoms with Gasteiger partial charge in [-0.3, -0.25) is 4.79 Å². The van der Waals surface area contributed by atoms with E-state index in [2.05, 4.69) is 28.7 Å². The molecule has 0 bridgehead atoms. The van der Waals surface area contributed by atoms with E-state index in [9.17, 15) is 4.79 Å². The summed E-state index contributed by atoms with van der Waals surface area (Å²) < 4.78 is 2.06. The Kier molecular flexibility index (Phi) is 10.9. The number of aromatic nitrogens is 2. The number of imidazole rings is 1. The van der Waals surface area contributed by atoms with Crippen LogP contribution in [0.15, 0.2) is 12.4 Å². The van der Waals surface area contributed by atoms with Crippen molar-refractivity contribution < 1.29 is 4.79 Å². The van der Waals surface area contributed by atoms with Crippen LogP contribution in [0, 0.1) is 5.92 Å². The molecule has 0 unspecified atom stereocenters. The molecule has 0 spiro atoms. The van der Waals surface area contributed by atoms with E-state index in [1.807, 2.05) is 13.1 Å². The molecule has 1 heterocycles. The first-order valence-corrected chi connectivity index (χ1v) is 6.07. The molecule has 7 heteroatoms. The summed E-state index contributed by atoms with van der Waals surface area (Å²) in [7, 11) is 0. The zero-order chi connectivity index (χ0) is 12.8. The maximum absolute atomic E-state index is 11.5. The second-order valence-electron chi connectivity index (χ2n) is 4.62. The van der Waals surface area contributed by atoms with E-state index in [-0.39, 0.29) is 30.7 Å². The predicted octanol–water partition coefficient (Wildman–Crippen LogP) is 1.74. The Morgan fingerprint density at radius 1 is 1.47 bits per heavy atom. The molecule has 5 nitrogen and oxygen atoms in total. The largest absolute Gasteiger partial charge is 0.348 e. The van der Waals surface area contributed by atoms with Gasteiger partial charge in [-0.05, 0) is 12.3 Å². The van der Waals surface area contributed by atoms with Crippen LogP contribution in [0.4, 0.5) is 0 Å². The van der Waals surface area contributed by atoms with Crippen LogP contribution >= 0.6 is 24.8 Å². The first-order valence-electron chi connectivity index (χ1n) is 6.07. The van der Waals surface area contributed by atoms with Crippen molar-refractivity contribution in [2.45, 2.75) is 46.3 Å². The second kappa shape index (κ2) is 10.1. The van der Waals surface area contributed by atoms with Gasteiger partial charge in [-0.15, -0.1) is 24.8 Å². The lowest BCUT2D eigenvalue weighted by atomic mass is 10.2. The molecular weight excluding hydrogens is 287 g/mol. The summed E-state index contributed by atoms with van der Waals surface area (Å²) in [6.45, 7) is 7.53. The van der Waals surface area contributed by atoms with Crippen LogP contribution < -0.4 is 11.1 Å². The molecule has 0 aromatic carbocycles. The van der Waals surface area contributed by atoms with Gasteiger partial charge in [0.25, 0.3) is 0 Å². The normalized spacial score (nSPS) is 11.4. The van der Waals surface area contributed by atoms with Gasteiger partial charge in [0.2, 0.25) is 5.91 Å². The minimum atomic E-state index is -0.427. The number of nitrogens with zero attached hydrogens (tertiary/aromatic N) is 2. The van der Waals surface area contributed by atoms with Crippen LogP contribution in [0.2, 0.25) is 0 Å². The van der Waals surface area contributed by atoms with E-state index < -0.39 is 6.04 Å². The summed E-state index contributed by atoms with van der Waals surface area (Å²) in [6, 6.07) is -0.427. The number of rotatable bonds is 6. The molecule has 0 aliphatic heterocycles. The Morgan fingerprint density at radius 2 is 2.11 bits per heavy atom. The fraction of sp³-hybridized carbons (Fsp3) is 0.667. The van der Waals surface area contributed by atoms with Crippen molar-refractivity contribution in [1.29, 1.82) is 0 Å². The highest BCUT2D eigenvalue weighted by atomic mass is 35.5. The van der Waals surface area contributed by atoms with Crippen molar-refractivity contribution in [2.75, 3.05) is 0 Å². The Labute approximate surface area is 127 Å². The van der Waals surface area contributed by atoms with E-state index in [1.165, 1.54) is 0 Å². The first-order chi connectivity index (χ1) is 8.04. The van der Waals surface area contributed by atoms with Crippen LogP contribution in [0.25, 0.3) is 0 Å². The lowest BCUT2D eigenvalue weighted by Crippen LogP contribution is -2.40. The summed E-state index contributed by atoms with van der Waals surface area (Å²) in [4.78, 5) is 15.8. The van der Waals surface area contributed by atoms with E-state index >= 15 is 0 Å². The van der Waals surface area contributed by atoms with Gasteiger partial charge in [0.05, 0.1) is 12.6 Å². The van der Waals surface area contributed by atoms with Gasteiger partial charge in [-0.1, -0.05) is 20.8 Å². The Morgan fingerprint density at radius 3 is 2.63 bits per heavy atom. The molecule has 112 valence electrons. The van der Waals surface area contributed by atoms with Gasteiger partial charge in [0, 0.05) is 18.9 Å². The Bertz CT molecular complexity index is 368. The number of carbonyl (C=O) groups excluding carboxylic acids is 1. The number of hydrogen-bond donors (Lipinski definition) is 2. The standard InChI is InChI=1S/C12H22N4O.2ClH/c1-4-10(13)12(17)15-7-11-14-5-6-16(11)8-9(2)3;;/h5-6,9-10H,4,7-8,13H2,1-3H3,(H,15,17);2*1H/t10-;;/m0../s1. The minimum Gasteiger partial charge on any atom is -0.348 e. The van der Waals surface area contributed by atoms with Crippen LogP contribution in [0.5, 0.6) is 0 Å². The number of nitrogens with one attached hydrogen (secondary N) is 1. The van der Waals surface area contributed by atoms with Gasteiger partial charge in [0.1, 0.15) is 5.82 Å². The van der Waals surface area contributed by atoms with Crippen LogP contribution in [0.1, 0.15) is 33.0 Å². The molecule has 19 heavy (non-hydrogen) atoms. The highest BCUT2D eigenvalue weighted by molar-refractivity contribution is 5.85. The zero-order valence-corrected chi connectivity index (χ0v) is 13.3. The van der Waals surface area contributed by atoms with Crippen LogP contribution in [-0.4, -0.2) is 21.5 Å². The molecule has 1 atom stereocenters. The lowest BCUT2D eigenvalue weighted by Gasteiger charge is -2.12. The van der Waals surface area contributed by atoms with E-state index in [0.29, 0.717) is 18.9 Å². The van der Waals surface area contributed by atoms with Crippen molar-refractivity contribution in [3.63, 3.8) is 0 Å². The highest BCUT2D eigenvalue weighted by Crippen LogP contribution is 2.03. The van der Waals surface area contributed by atoms with E-state index in [0.717, 1.165) is 12.4 Å². The molecular formula is C12H24Cl2N4O. The average molecular weight is 311 g/mol. The third-order valence-corrected chi connectivity index (χ3v) is 2.56. The monoisotopic (exact) mass is 310 g/mol. The maximum atomic E-state index is 11.5. The first kappa shape index (κ1) is 20.5. The lowest BCUT2D eigenvalue weighted by molar-refractivity contribution is -0.122. The smallest absolute Gasteiger partial charge is 0.237 e. The summed E-state index contributed by atoms with van der Waals surface area (Å²) in [5, 5.41) is 2.80. The molecule has 1 amide bonds. The minimum absolute atomic E-state index is 0. The summed E-state index contributed by atoms with van der Waals surface area (Å²) in [5.41, 5.74) is 5.64. The third kappa shape index (κ3) is 6.80. The highest BCUT2D eigenvalue weighted by Gasteiger charge is 2.11. The quantitative estimate of drug-likeness (QED) is 0.840. The SMILES string of the molecule is CC[C@H](N)C(=O)NCc1nccn1CC(C)C.Cl.Cl. The van der Waals surface area contributed by atoms with Gasteiger partial charge >= 0.3 is 0 Å². The number of hydrogen-bond acceptors (Lipinski definition) is 3. The molecule has 3 N–H and O–H groups in total. The summed E-state index contributed by atoms with van der Waals surface area (Å²) in [6.07, 6.45) is 4.33. The second-order valence-corrected chi connectivity index (χ2v) is 4.62. The Balaban J connectivity index is 0. The van der Waals surface area contributed by atoms with Gasteiger partial charge in [-0.25, -0.2) is 4.98 Å². The fourth-order valence-corrected chi connectivity index (χ4v) is 1.55.